The summed E-state index contributed by atoms with van der Waals surface area (Å²) in [4.78, 5) is 11.7. The second-order valence-corrected chi connectivity index (χ2v) is 6.02. The summed E-state index contributed by atoms with van der Waals surface area (Å²) in [7, 11) is 0. The van der Waals surface area contributed by atoms with Gasteiger partial charge in [-0.15, -0.1) is 0 Å². The zero-order valence-corrected chi connectivity index (χ0v) is 15.1. The highest BCUT2D eigenvalue weighted by atomic mass is 79.9. The van der Waals surface area contributed by atoms with Gasteiger partial charge in [0.25, 0.3) is 5.91 Å². The molecule has 1 aromatic carbocycles. The smallest absolute Gasteiger partial charge is 0.277 e. The first-order valence-electron chi connectivity index (χ1n) is 7.38. The minimum absolute atomic E-state index is 0.0764. The summed E-state index contributed by atoms with van der Waals surface area (Å²) in [5.74, 6) is 0.340. The Labute approximate surface area is 144 Å². The molecule has 0 radical (unpaired) electrons. The molecule has 0 atom stereocenters. The van der Waals surface area contributed by atoms with E-state index in [9.17, 15) is 4.79 Å². The molecule has 6 heteroatoms. The molecule has 1 N–H and O–H groups in total. The van der Waals surface area contributed by atoms with Crippen molar-refractivity contribution in [3.8, 4) is 5.75 Å². The predicted molar refractivity (Wildman–Crippen MR) is 95.0 cm³/mol. The first-order chi connectivity index (χ1) is 11.0. The van der Waals surface area contributed by atoms with Crippen molar-refractivity contribution in [2.75, 3.05) is 6.61 Å². The van der Waals surface area contributed by atoms with Crippen LogP contribution >= 0.6 is 15.9 Å². The molecule has 1 aromatic heterocycles. The lowest BCUT2D eigenvalue weighted by Gasteiger charge is -2.05. The third-order valence-electron chi connectivity index (χ3n) is 3.51. The minimum Gasteiger partial charge on any atom is -0.484 e. The standard InChI is InChI=1S/C17H20BrN3O2/c1-4-21-12(2)9-14(13(21)3)10-19-20-17(22)11-23-16-7-5-15(18)6-8-16/h5-10H,4,11H2,1-3H3,(H,20,22)/b19-10-. The monoisotopic (exact) mass is 377 g/mol. The lowest BCUT2D eigenvalue weighted by molar-refractivity contribution is -0.123. The quantitative estimate of drug-likeness (QED) is 0.619. The zero-order valence-electron chi connectivity index (χ0n) is 13.5. The summed E-state index contributed by atoms with van der Waals surface area (Å²) in [6.45, 7) is 7.03. The van der Waals surface area contributed by atoms with E-state index in [4.69, 9.17) is 4.74 Å². The van der Waals surface area contributed by atoms with Crippen LogP contribution in [0.15, 0.2) is 39.9 Å². The average Bonchev–Trinajstić information content (AvgIpc) is 2.80. The molecule has 0 spiro atoms. The van der Waals surface area contributed by atoms with E-state index < -0.39 is 0 Å². The van der Waals surface area contributed by atoms with Crippen molar-refractivity contribution in [2.24, 2.45) is 5.10 Å². The molecular formula is C17H20BrN3O2. The van der Waals surface area contributed by atoms with Crippen LogP contribution in [0.2, 0.25) is 0 Å². The van der Waals surface area contributed by atoms with Gasteiger partial charge in [0.1, 0.15) is 5.75 Å². The number of benzene rings is 1. The zero-order chi connectivity index (χ0) is 16.8. The molecule has 0 aliphatic carbocycles. The SMILES string of the molecule is CCn1c(C)cc(/C=N\NC(=O)COc2ccc(Br)cc2)c1C. The van der Waals surface area contributed by atoms with Crippen LogP contribution in [0.3, 0.4) is 0 Å². The van der Waals surface area contributed by atoms with Gasteiger partial charge in [-0.05, 0) is 51.1 Å². The van der Waals surface area contributed by atoms with Crippen LogP contribution < -0.4 is 10.2 Å². The van der Waals surface area contributed by atoms with Crippen LogP contribution in [-0.4, -0.2) is 23.3 Å². The van der Waals surface area contributed by atoms with Gasteiger partial charge in [-0.25, -0.2) is 5.43 Å². The van der Waals surface area contributed by atoms with E-state index in [1.54, 1.807) is 18.3 Å². The topological polar surface area (TPSA) is 55.6 Å². The van der Waals surface area contributed by atoms with Gasteiger partial charge in [0.05, 0.1) is 6.21 Å². The van der Waals surface area contributed by atoms with Crippen molar-refractivity contribution in [1.82, 2.24) is 9.99 Å². The van der Waals surface area contributed by atoms with E-state index in [0.717, 1.165) is 22.3 Å². The van der Waals surface area contributed by atoms with E-state index in [2.05, 4.69) is 44.9 Å². The number of carbonyl (C=O) groups is 1. The molecule has 0 saturated heterocycles. The third kappa shape index (κ3) is 4.69. The molecule has 2 rings (SSSR count). The number of nitrogens with one attached hydrogen (secondary N) is 1. The highest BCUT2D eigenvalue weighted by molar-refractivity contribution is 9.10. The summed E-state index contributed by atoms with van der Waals surface area (Å²) in [5, 5.41) is 3.99. The molecule has 1 heterocycles. The molecule has 5 nitrogen and oxygen atoms in total. The fraction of sp³-hybridized carbons (Fsp3) is 0.294. The predicted octanol–water partition coefficient (Wildman–Crippen LogP) is 3.42. The summed E-state index contributed by atoms with van der Waals surface area (Å²) >= 11 is 3.34. The number of carbonyl (C=O) groups excluding carboxylic acids is 1. The summed E-state index contributed by atoms with van der Waals surface area (Å²) in [5.41, 5.74) is 5.78. The number of amides is 1. The molecule has 0 aliphatic heterocycles. The van der Waals surface area contributed by atoms with Crippen LogP contribution in [0, 0.1) is 13.8 Å². The second-order valence-electron chi connectivity index (χ2n) is 5.11. The van der Waals surface area contributed by atoms with Gasteiger partial charge in [-0.3, -0.25) is 4.79 Å². The van der Waals surface area contributed by atoms with Gasteiger partial charge in [-0.1, -0.05) is 15.9 Å². The van der Waals surface area contributed by atoms with Crippen molar-refractivity contribution >= 4 is 28.1 Å². The van der Waals surface area contributed by atoms with Crippen molar-refractivity contribution in [3.63, 3.8) is 0 Å². The first-order valence-corrected chi connectivity index (χ1v) is 8.17. The Morgan fingerprint density at radius 3 is 2.65 bits per heavy atom. The molecule has 0 unspecified atom stereocenters. The lowest BCUT2D eigenvalue weighted by atomic mass is 10.3. The number of aryl methyl sites for hydroxylation is 1. The molecular weight excluding hydrogens is 358 g/mol. The molecule has 0 fully saturated rings. The summed E-state index contributed by atoms with van der Waals surface area (Å²) in [6, 6.07) is 9.34. The number of rotatable bonds is 6. The van der Waals surface area contributed by atoms with E-state index in [0.29, 0.717) is 5.75 Å². The molecule has 1 amide bonds. The van der Waals surface area contributed by atoms with Gasteiger partial charge < -0.3 is 9.30 Å². The maximum absolute atomic E-state index is 11.7. The molecule has 23 heavy (non-hydrogen) atoms. The molecule has 2 aromatic rings. The first kappa shape index (κ1) is 17.3. The molecule has 122 valence electrons. The fourth-order valence-electron chi connectivity index (χ4n) is 2.33. The number of hydrazone groups is 1. The highest BCUT2D eigenvalue weighted by Gasteiger charge is 2.06. The average molecular weight is 378 g/mol. The van der Waals surface area contributed by atoms with Crippen LogP contribution in [0.1, 0.15) is 23.9 Å². The normalized spacial score (nSPS) is 11.0. The van der Waals surface area contributed by atoms with Gasteiger partial charge in [0.15, 0.2) is 6.61 Å². The van der Waals surface area contributed by atoms with Crippen LogP contribution in [0.5, 0.6) is 5.75 Å². The number of halogens is 1. The van der Waals surface area contributed by atoms with Gasteiger partial charge >= 0.3 is 0 Å². The Hall–Kier alpha value is -2.08. The molecule has 0 bridgehead atoms. The van der Waals surface area contributed by atoms with Crippen LogP contribution in [-0.2, 0) is 11.3 Å². The van der Waals surface area contributed by atoms with Gasteiger partial charge in [0, 0.05) is 28.0 Å². The number of hydrogen-bond donors (Lipinski definition) is 1. The van der Waals surface area contributed by atoms with Crippen LogP contribution in [0.4, 0.5) is 0 Å². The number of hydrogen-bond acceptors (Lipinski definition) is 3. The van der Waals surface area contributed by atoms with Crippen LogP contribution in [0.25, 0.3) is 0 Å². The number of ether oxygens (including phenoxy) is 1. The van der Waals surface area contributed by atoms with Crippen molar-refractivity contribution in [2.45, 2.75) is 27.3 Å². The number of nitrogens with zero attached hydrogens (tertiary/aromatic N) is 2. The Bertz CT molecular complexity index is 705. The van der Waals surface area contributed by atoms with Crippen molar-refractivity contribution in [1.29, 1.82) is 0 Å². The Balaban J connectivity index is 1.85. The summed E-state index contributed by atoms with van der Waals surface area (Å²) < 4.78 is 8.53. The third-order valence-corrected chi connectivity index (χ3v) is 4.03. The lowest BCUT2D eigenvalue weighted by Crippen LogP contribution is -2.24. The molecule has 0 aliphatic rings. The van der Waals surface area contributed by atoms with Gasteiger partial charge in [0.2, 0.25) is 0 Å². The second kappa shape index (κ2) is 7.97. The Morgan fingerprint density at radius 1 is 1.35 bits per heavy atom. The highest BCUT2D eigenvalue weighted by Crippen LogP contribution is 2.16. The molecule has 0 saturated carbocycles. The van der Waals surface area contributed by atoms with E-state index in [1.807, 2.05) is 25.1 Å². The Kier molecular flexibility index (Phi) is 5.98. The maximum Gasteiger partial charge on any atom is 0.277 e. The van der Waals surface area contributed by atoms with E-state index in [-0.39, 0.29) is 12.5 Å². The van der Waals surface area contributed by atoms with E-state index >= 15 is 0 Å². The number of aromatic nitrogens is 1. The summed E-state index contributed by atoms with van der Waals surface area (Å²) in [6.07, 6.45) is 1.66. The Morgan fingerprint density at radius 2 is 2.04 bits per heavy atom. The maximum atomic E-state index is 11.7. The van der Waals surface area contributed by atoms with E-state index in [1.165, 1.54) is 5.69 Å². The largest absolute Gasteiger partial charge is 0.484 e. The van der Waals surface area contributed by atoms with Gasteiger partial charge in [-0.2, -0.15) is 5.10 Å². The fourth-order valence-corrected chi connectivity index (χ4v) is 2.60. The minimum atomic E-state index is -0.298. The van der Waals surface area contributed by atoms with Crippen molar-refractivity contribution in [3.05, 3.63) is 51.8 Å². The van der Waals surface area contributed by atoms with Crippen molar-refractivity contribution < 1.29 is 9.53 Å².